The molecule has 1 unspecified atom stereocenters. The lowest BCUT2D eigenvalue weighted by Crippen LogP contribution is -2.41. The van der Waals surface area contributed by atoms with Gasteiger partial charge in [0.1, 0.15) is 6.17 Å². The number of ether oxygens (including phenoxy) is 1. The van der Waals surface area contributed by atoms with Crippen LogP contribution in [-0.4, -0.2) is 49.4 Å². The van der Waals surface area contributed by atoms with Crippen molar-refractivity contribution in [2.75, 3.05) is 26.3 Å². The second-order valence-corrected chi connectivity index (χ2v) is 4.93. The van der Waals surface area contributed by atoms with Crippen LogP contribution in [-0.2, 0) is 4.74 Å². The Bertz CT molecular complexity index is 274. The predicted octanol–water partition coefficient (Wildman–Crippen LogP) is 2.17. The Morgan fingerprint density at radius 3 is 2.59 bits per heavy atom. The molecule has 0 amide bonds. The quantitative estimate of drug-likeness (QED) is 0.705. The summed E-state index contributed by atoms with van der Waals surface area (Å²) in [6.45, 7) is 5.68. The first-order valence-corrected chi connectivity index (χ1v) is 6.83. The third-order valence-corrected chi connectivity index (χ3v) is 3.63. The van der Waals surface area contributed by atoms with Crippen molar-refractivity contribution in [2.24, 2.45) is 9.98 Å². The molecule has 1 saturated heterocycles. The highest BCUT2D eigenvalue weighted by atomic mass is 16.5. The van der Waals surface area contributed by atoms with E-state index in [4.69, 9.17) is 4.74 Å². The third-order valence-electron chi connectivity index (χ3n) is 3.63. The van der Waals surface area contributed by atoms with Crippen molar-refractivity contribution in [3.05, 3.63) is 0 Å². The minimum atomic E-state index is 0.186. The molecule has 4 nitrogen and oxygen atoms in total. The van der Waals surface area contributed by atoms with E-state index in [0.29, 0.717) is 6.04 Å². The summed E-state index contributed by atoms with van der Waals surface area (Å²) in [5.41, 5.74) is 0. The molecule has 0 aromatic rings. The molecule has 2 aliphatic rings. The van der Waals surface area contributed by atoms with Crippen molar-refractivity contribution >= 4 is 6.01 Å². The van der Waals surface area contributed by atoms with E-state index in [0.717, 1.165) is 26.3 Å². The Morgan fingerprint density at radius 2 is 1.88 bits per heavy atom. The fourth-order valence-corrected chi connectivity index (χ4v) is 2.44. The van der Waals surface area contributed by atoms with Gasteiger partial charge in [-0.25, -0.2) is 9.98 Å². The van der Waals surface area contributed by atoms with Gasteiger partial charge in [0, 0.05) is 13.1 Å². The molecule has 1 aliphatic carbocycles. The first-order valence-electron chi connectivity index (χ1n) is 6.83. The topological polar surface area (TPSA) is 37.2 Å². The minimum Gasteiger partial charge on any atom is -0.379 e. The molecule has 0 radical (unpaired) electrons. The Balaban J connectivity index is 1.79. The summed E-state index contributed by atoms with van der Waals surface area (Å²) < 4.78 is 5.32. The maximum Gasteiger partial charge on any atom is 0.110 e. The van der Waals surface area contributed by atoms with Crippen LogP contribution in [0.15, 0.2) is 9.98 Å². The maximum atomic E-state index is 5.32. The number of hydrogen-bond donors (Lipinski definition) is 0. The van der Waals surface area contributed by atoms with Crippen molar-refractivity contribution in [3.8, 4) is 0 Å². The van der Waals surface area contributed by atoms with Crippen LogP contribution < -0.4 is 0 Å². The summed E-state index contributed by atoms with van der Waals surface area (Å²) in [5, 5.41) is 0. The van der Waals surface area contributed by atoms with Gasteiger partial charge in [-0.15, -0.1) is 0 Å². The summed E-state index contributed by atoms with van der Waals surface area (Å²) in [6.07, 6.45) is 6.62. The second kappa shape index (κ2) is 6.90. The number of aliphatic imine (C=N–C) groups is 2. The standard InChI is InChI=1S/C13H23N3O/c1-12(16-7-9-17-10-8-16)14-11-15-13-5-3-2-4-6-13/h12-13H,2-10H2,1H3. The van der Waals surface area contributed by atoms with Crippen LogP contribution in [0.3, 0.4) is 0 Å². The van der Waals surface area contributed by atoms with Gasteiger partial charge in [0.2, 0.25) is 0 Å². The van der Waals surface area contributed by atoms with E-state index in [1.807, 2.05) is 0 Å². The normalized spacial score (nSPS) is 25.0. The van der Waals surface area contributed by atoms with E-state index in [2.05, 4.69) is 27.8 Å². The Morgan fingerprint density at radius 1 is 1.18 bits per heavy atom. The van der Waals surface area contributed by atoms with E-state index < -0.39 is 0 Å². The van der Waals surface area contributed by atoms with Crippen LogP contribution >= 0.6 is 0 Å². The molecule has 4 heteroatoms. The first kappa shape index (κ1) is 12.7. The summed E-state index contributed by atoms with van der Waals surface area (Å²) in [7, 11) is 0. The molecular formula is C13H23N3O. The zero-order chi connectivity index (χ0) is 11.9. The predicted molar refractivity (Wildman–Crippen MR) is 68.6 cm³/mol. The molecule has 2 fully saturated rings. The summed E-state index contributed by atoms with van der Waals surface area (Å²) in [6, 6.07) is 3.40. The number of hydrogen-bond acceptors (Lipinski definition) is 4. The van der Waals surface area contributed by atoms with Gasteiger partial charge in [-0.05, 0) is 19.8 Å². The van der Waals surface area contributed by atoms with Gasteiger partial charge >= 0.3 is 0 Å². The molecule has 0 bridgehead atoms. The molecule has 0 N–H and O–H groups in total. The molecule has 17 heavy (non-hydrogen) atoms. The average Bonchev–Trinajstić information content (AvgIpc) is 2.41. The molecule has 2 rings (SSSR count). The number of morpholine rings is 1. The number of rotatable bonds is 3. The van der Waals surface area contributed by atoms with Crippen molar-refractivity contribution in [1.82, 2.24) is 4.90 Å². The molecule has 0 aromatic carbocycles. The fraction of sp³-hybridized carbons (Fsp3) is 0.923. The van der Waals surface area contributed by atoms with Crippen LogP contribution in [0, 0.1) is 0 Å². The lowest BCUT2D eigenvalue weighted by atomic mass is 9.96. The molecule has 96 valence electrons. The van der Waals surface area contributed by atoms with Crippen molar-refractivity contribution in [1.29, 1.82) is 0 Å². The highest BCUT2D eigenvalue weighted by Crippen LogP contribution is 2.19. The SMILES string of the molecule is CC(N=C=NC1CCCCC1)N1CCOCC1. The lowest BCUT2D eigenvalue weighted by Gasteiger charge is -2.29. The molecule has 1 aliphatic heterocycles. The van der Waals surface area contributed by atoms with Crippen LogP contribution in [0.5, 0.6) is 0 Å². The average molecular weight is 237 g/mol. The van der Waals surface area contributed by atoms with E-state index in [1.54, 1.807) is 0 Å². The Hall–Kier alpha value is -0.700. The lowest BCUT2D eigenvalue weighted by molar-refractivity contribution is 0.0221. The van der Waals surface area contributed by atoms with Gasteiger partial charge in [0.25, 0.3) is 0 Å². The fourth-order valence-electron chi connectivity index (χ4n) is 2.44. The smallest absolute Gasteiger partial charge is 0.110 e. The van der Waals surface area contributed by atoms with E-state index in [-0.39, 0.29) is 6.17 Å². The third kappa shape index (κ3) is 4.23. The second-order valence-electron chi connectivity index (χ2n) is 4.93. The van der Waals surface area contributed by atoms with Gasteiger partial charge < -0.3 is 4.74 Å². The zero-order valence-corrected chi connectivity index (χ0v) is 10.8. The number of nitrogens with zero attached hydrogens (tertiary/aromatic N) is 3. The minimum absolute atomic E-state index is 0.186. The monoisotopic (exact) mass is 237 g/mol. The van der Waals surface area contributed by atoms with Crippen molar-refractivity contribution < 1.29 is 4.74 Å². The largest absolute Gasteiger partial charge is 0.379 e. The summed E-state index contributed by atoms with van der Waals surface area (Å²) in [5.74, 6) is 0. The first-order chi connectivity index (χ1) is 8.36. The zero-order valence-electron chi connectivity index (χ0n) is 10.8. The summed E-state index contributed by atoms with van der Waals surface area (Å²) >= 11 is 0. The van der Waals surface area contributed by atoms with E-state index in [1.165, 1.54) is 32.1 Å². The molecule has 0 aromatic heterocycles. The Kier molecular flexibility index (Phi) is 5.17. The molecule has 1 atom stereocenters. The molecule has 1 heterocycles. The highest BCUT2D eigenvalue weighted by Gasteiger charge is 2.15. The molecule has 0 spiro atoms. The van der Waals surface area contributed by atoms with Gasteiger partial charge in [0.15, 0.2) is 0 Å². The van der Waals surface area contributed by atoms with Gasteiger partial charge in [-0.2, -0.15) is 0 Å². The van der Waals surface area contributed by atoms with Crippen molar-refractivity contribution in [2.45, 2.75) is 51.2 Å². The Labute approximate surface area is 104 Å². The van der Waals surface area contributed by atoms with Gasteiger partial charge in [-0.3, -0.25) is 4.90 Å². The van der Waals surface area contributed by atoms with E-state index >= 15 is 0 Å². The van der Waals surface area contributed by atoms with Gasteiger partial charge in [-0.1, -0.05) is 19.3 Å². The summed E-state index contributed by atoms with van der Waals surface area (Å²) in [4.78, 5) is 11.2. The molecule has 1 saturated carbocycles. The maximum absolute atomic E-state index is 5.32. The van der Waals surface area contributed by atoms with Gasteiger partial charge in [0.05, 0.1) is 25.3 Å². The molecular weight excluding hydrogens is 214 g/mol. The van der Waals surface area contributed by atoms with Crippen LogP contribution in [0.1, 0.15) is 39.0 Å². The highest BCUT2D eigenvalue weighted by molar-refractivity contribution is 5.42. The van der Waals surface area contributed by atoms with Crippen LogP contribution in [0.25, 0.3) is 0 Å². The van der Waals surface area contributed by atoms with E-state index in [9.17, 15) is 0 Å². The van der Waals surface area contributed by atoms with Crippen LogP contribution in [0.4, 0.5) is 0 Å². The van der Waals surface area contributed by atoms with Crippen molar-refractivity contribution in [3.63, 3.8) is 0 Å². The van der Waals surface area contributed by atoms with Crippen LogP contribution in [0.2, 0.25) is 0 Å².